The minimum absolute atomic E-state index is 0.0340. The predicted molar refractivity (Wildman–Crippen MR) is 104 cm³/mol. The van der Waals surface area contributed by atoms with E-state index < -0.39 is 6.04 Å². The van der Waals surface area contributed by atoms with E-state index in [1.807, 2.05) is 51.1 Å². The van der Waals surface area contributed by atoms with Gasteiger partial charge in [0.25, 0.3) is 5.56 Å². The molecule has 0 spiro atoms. The maximum Gasteiger partial charge on any atom is 0.263 e. The van der Waals surface area contributed by atoms with Crippen LogP contribution in [0.5, 0.6) is 0 Å². The van der Waals surface area contributed by atoms with Gasteiger partial charge < -0.3 is 10.2 Å². The van der Waals surface area contributed by atoms with Gasteiger partial charge in [-0.3, -0.25) is 14.6 Å². The van der Waals surface area contributed by atoms with E-state index in [1.54, 1.807) is 9.58 Å². The Morgan fingerprint density at radius 3 is 2.63 bits per heavy atom. The smallest absolute Gasteiger partial charge is 0.263 e. The molecular weight excluding hydrogens is 344 g/mol. The van der Waals surface area contributed by atoms with E-state index in [2.05, 4.69) is 20.4 Å². The van der Waals surface area contributed by atoms with Crippen LogP contribution in [0.2, 0.25) is 0 Å². The number of aromatic amines is 1. The minimum Gasteiger partial charge on any atom is -0.344 e. The number of carbonyl (C=O) groups is 1. The molecule has 2 aromatic heterocycles. The molecule has 0 radical (unpaired) electrons. The summed E-state index contributed by atoms with van der Waals surface area (Å²) in [4.78, 5) is 34.1. The van der Waals surface area contributed by atoms with E-state index in [0.717, 1.165) is 5.69 Å². The Balaban J connectivity index is 1.62. The second-order valence-electron chi connectivity index (χ2n) is 7.69. The molecule has 1 amide bonds. The monoisotopic (exact) mass is 366 g/mol. The summed E-state index contributed by atoms with van der Waals surface area (Å²) < 4.78 is 1.72. The number of H-pyrrole nitrogens is 1. The van der Waals surface area contributed by atoms with E-state index in [0.29, 0.717) is 24.0 Å². The van der Waals surface area contributed by atoms with Crippen molar-refractivity contribution in [1.29, 1.82) is 0 Å². The minimum atomic E-state index is -0.434. The lowest BCUT2D eigenvalue weighted by molar-refractivity contribution is -0.117. The zero-order valence-corrected chi connectivity index (χ0v) is 15.6. The number of nitrogens with one attached hydrogen (secondary N) is 2. The van der Waals surface area contributed by atoms with Crippen LogP contribution in [0.15, 0.2) is 41.3 Å². The van der Waals surface area contributed by atoms with Crippen molar-refractivity contribution in [3.8, 4) is 0 Å². The highest BCUT2D eigenvalue weighted by Crippen LogP contribution is 2.23. The van der Waals surface area contributed by atoms with Gasteiger partial charge in [-0.05, 0) is 39.3 Å². The van der Waals surface area contributed by atoms with Crippen molar-refractivity contribution in [2.75, 3.05) is 16.8 Å². The second-order valence-corrected chi connectivity index (χ2v) is 7.69. The van der Waals surface area contributed by atoms with Gasteiger partial charge in [0.1, 0.15) is 11.4 Å². The van der Waals surface area contributed by atoms with E-state index >= 15 is 0 Å². The van der Waals surface area contributed by atoms with Crippen LogP contribution in [0.4, 0.5) is 11.6 Å². The molecule has 8 heteroatoms. The lowest BCUT2D eigenvalue weighted by Crippen LogP contribution is -2.34. The SMILES string of the molecule is CC(C)(C)n1ncc2c(=O)[nH]c(NC3CCN(c4ccccc4)C3=O)nc21. The molecule has 2 N–H and O–H groups in total. The van der Waals surface area contributed by atoms with Crippen molar-refractivity contribution in [1.82, 2.24) is 19.7 Å². The third-order valence-electron chi connectivity index (χ3n) is 4.66. The number of aromatic nitrogens is 4. The van der Waals surface area contributed by atoms with Crippen LogP contribution in [0.25, 0.3) is 11.0 Å². The first-order chi connectivity index (χ1) is 12.8. The molecule has 1 aromatic carbocycles. The average molecular weight is 366 g/mol. The number of hydrogen-bond donors (Lipinski definition) is 2. The van der Waals surface area contributed by atoms with Gasteiger partial charge in [0.15, 0.2) is 5.65 Å². The molecule has 1 atom stereocenters. The molecular formula is C19H22N6O2. The molecule has 27 heavy (non-hydrogen) atoms. The topological polar surface area (TPSA) is 95.9 Å². The average Bonchev–Trinajstić information content (AvgIpc) is 3.20. The summed E-state index contributed by atoms with van der Waals surface area (Å²) in [5, 5.41) is 7.82. The van der Waals surface area contributed by atoms with Crippen molar-refractivity contribution < 1.29 is 4.79 Å². The molecule has 1 aliphatic rings. The second kappa shape index (κ2) is 6.22. The Morgan fingerprint density at radius 2 is 1.93 bits per heavy atom. The van der Waals surface area contributed by atoms with E-state index in [4.69, 9.17) is 0 Å². The summed E-state index contributed by atoms with van der Waals surface area (Å²) in [7, 11) is 0. The molecule has 1 unspecified atom stereocenters. The lowest BCUT2D eigenvalue weighted by Gasteiger charge is -2.20. The number of nitrogens with zero attached hydrogens (tertiary/aromatic N) is 4. The Bertz CT molecular complexity index is 1050. The Morgan fingerprint density at radius 1 is 1.19 bits per heavy atom. The summed E-state index contributed by atoms with van der Waals surface area (Å²) in [6, 6.07) is 9.12. The number of hydrogen-bond acceptors (Lipinski definition) is 5. The van der Waals surface area contributed by atoms with Crippen molar-refractivity contribution in [2.24, 2.45) is 0 Å². The normalized spacial score (nSPS) is 17.7. The van der Waals surface area contributed by atoms with E-state index in [1.165, 1.54) is 6.20 Å². The predicted octanol–water partition coefficient (Wildman–Crippen LogP) is 2.09. The maximum absolute atomic E-state index is 12.8. The van der Waals surface area contributed by atoms with Crippen LogP contribution >= 0.6 is 0 Å². The molecule has 0 saturated carbocycles. The van der Waals surface area contributed by atoms with Crippen LogP contribution in [-0.4, -0.2) is 38.2 Å². The largest absolute Gasteiger partial charge is 0.344 e. The fraction of sp³-hybridized carbons (Fsp3) is 0.368. The molecule has 3 aromatic rings. The number of carbonyl (C=O) groups excluding carboxylic acids is 1. The Kier molecular flexibility index (Phi) is 3.98. The first kappa shape index (κ1) is 17.3. The van der Waals surface area contributed by atoms with Gasteiger partial charge in [-0.2, -0.15) is 10.1 Å². The van der Waals surface area contributed by atoms with Crippen molar-refractivity contribution in [3.05, 3.63) is 46.9 Å². The van der Waals surface area contributed by atoms with Crippen LogP contribution in [-0.2, 0) is 10.3 Å². The van der Waals surface area contributed by atoms with E-state index in [9.17, 15) is 9.59 Å². The molecule has 0 aliphatic carbocycles. The van der Waals surface area contributed by atoms with Crippen molar-refractivity contribution >= 4 is 28.6 Å². The number of para-hydroxylation sites is 1. The molecule has 3 heterocycles. The summed E-state index contributed by atoms with van der Waals surface area (Å²) in [5.74, 6) is 0.250. The molecule has 4 rings (SSSR count). The third-order valence-corrected chi connectivity index (χ3v) is 4.66. The molecule has 1 aliphatic heterocycles. The fourth-order valence-electron chi connectivity index (χ4n) is 3.32. The van der Waals surface area contributed by atoms with Crippen molar-refractivity contribution in [3.63, 3.8) is 0 Å². The summed E-state index contributed by atoms with van der Waals surface area (Å²) in [6.07, 6.45) is 2.15. The van der Waals surface area contributed by atoms with Gasteiger partial charge in [-0.15, -0.1) is 0 Å². The van der Waals surface area contributed by atoms with Crippen LogP contribution in [0, 0.1) is 0 Å². The van der Waals surface area contributed by atoms with Crippen LogP contribution in [0.1, 0.15) is 27.2 Å². The number of amides is 1. The number of anilines is 2. The zero-order valence-electron chi connectivity index (χ0n) is 15.6. The van der Waals surface area contributed by atoms with Gasteiger partial charge in [-0.1, -0.05) is 18.2 Å². The highest BCUT2D eigenvalue weighted by Gasteiger charge is 2.33. The van der Waals surface area contributed by atoms with Crippen LogP contribution in [0.3, 0.4) is 0 Å². The van der Waals surface area contributed by atoms with Crippen LogP contribution < -0.4 is 15.8 Å². The molecule has 0 bridgehead atoms. The number of rotatable bonds is 3. The Hall–Kier alpha value is -3.16. The quantitative estimate of drug-likeness (QED) is 0.740. The summed E-state index contributed by atoms with van der Waals surface area (Å²) in [6.45, 7) is 6.60. The van der Waals surface area contributed by atoms with E-state index in [-0.39, 0.29) is 23.0 Å². The molecule has 8 nitrogen and oxygen atoms in total. The van der Waals surface area contributed by atoms with Gasteiger partial charge in [0.05, 0.1) is 11.7 Å². The maximum atomic E-state index is 12.8. The first-order valence-electron chi connectivity index (χ1n) is 8.96. The molecule has 140 valence electrons. The number of fused-ring (bicyclic) bond motifs is 1. The molecule has 1 fully saturated rings. The van der Waals surface area contributed by atoms with Gasteiger partial charge in [0.2, 0.25) is 11.9 Å². The highest BCUT2D eigenvalue weighted by atomic mass is 16.2. The number of benzene rings is 1. The van der Waals surface area contributed by atoms with Gasteiger partial charge in [0, 0.05) is 12.2 Å². The summed E-state index contributed by atoms with van der Waals surface area (Å²) >= 11 is 0. The van der Waals surface area contributed by atoms with Gasteiger partial charge >= 0.3 is 0 Å². The third kappa shape index (κ3) is 3.07. The summed E-state index contributed by atoms with van der Waals surface area (Å²) in [5.41, 5.74) is 0.782. The lowest BCUT2D eigenvalue weighted by atomic mass is 10.1. The van der Waals surface area contributed by atoms with Crippen molar-refractivity contribution in [2.45, 2.75) is 38.8 Å². The Labute approximate surface area is 156 Å². The highest BCUT2D eigenvalue weighted by molar-refractivity contribution is 6.00. The van der Waals surface area contributed by atoms with Gasteiger partial charge in [-0.25, -0.2) is 4.68 Å². The molecule has 1 saturated heterocycles. The fourth-order valence-corrected chi connectivity index (χ4v) is 3.32. The zero-order chi connectivity index (χ0) is 19.2. The first-order valence-corrected chi connectivity index (χ1v) is 8.96. The standard InChI is InChI=1S/C19H22N6O2/c1-19(2,3)25-15-13(11-20-25)16(26)23-18(22-15)21-14-9-10-24(17(14)27)12-7-5-4-6-8-12/h4-8,11,14H,9-10H2,1-3H3,(H2,21,22,23,26).